The van der Waals surface area contributed by atoms with Crippen LogP contribution in [0.15, 0.2) is 42.5 Å². The second-order valence-electron chi connectivity index (χ2n) is 9.06. The first-order chi connectivity index (χ1) is 14.9. The molecule has 0 bridgehead atoms. The van der Waals surface area contributed by atoms with Crippen LogP contribution in [0.2, 0.25) is 5.02 Å². The van der Waals surface area contributed by atoms with Crippen molar-refractivity contribution in [3.8, 4) is 0 Å². The molecule has 0 spiro atoms. The van der Waals surface area contributed by atoms with E-state index in [1.54, 1.807) is 30.1 Å². The highest BCUT2D eigenvalue weighted by Gasteiger charge is 2.52. The van der Waals surface area contributed by atoms with E-state index in [0.717, 1.165) is 11.3 Å². The number of carboxylic acids is 1. The van der Waals surface area contributed by atoms with Gasteiger partial charge in [-0.05, 0) is 70.4 Å². The summed E-state index contributed by atoms with van der Waals surface area (Å²) in [5.41, 5.74) is 1.69. The van der Waals surface area contributed by atoms with Gasteiger partial charge in [-0.1, -0.05) is 29.8 Å². The van der Waals surface area contributed by atoms with Crippen molar-refractivity contribution in [2.24, 2.45) is 0 Å². The number of hydrogen-bond acceptors (Lipinski definition) is 4. The van der Waals surface area contributed by atoms with Crippen molar-refractivity contribution in [1.82, 2.24) is 0 Å². The van der Waals surface area contributed by atoms with Gasteiger partial charge in [-0.25, -0.2) is 0 Å². The number of nitrogens with zero attached hydrogens (tertiary/aromatic N) is 1. The first-order valence-electron chi connectivity index (χ1n) is 10.7. The van der Waals surface area contributed by atoms with E-state index in [1.165, 1.54) is 0 Å². The number of aliphatic carboxylic acids is 1. The molecule has 1 heterocycles. The van der Waals surface area contributed by atoms with Gasteiger partial charge in [0.25, 0.3) is 5.91 Å². The molecule has 2 aromatic rings. The van der Waals surface area contributed by atoms with Crippen molar-refractivity contribution in [3.63, 3.8) is 0 Å². The monoisotopic (exact) mass is 457 g/mol. The highest BCUT2D eigenvalue weighted by Crippen LogP contribution is 2.37. The van der Waals surface area contributed by atoms with Crippen LogP contribution in [-0.4, -0.2) is 42.4 Å². The molecule has 0 aromatic heterocycles. The molecule has 1 aliphatic rings. The van der Waals surface area contributed by atoms with E-state index in [4.69, 9.17) is 26.0 Å². The molecule has 0 saturated carbocycles. The maximum absolute atomic E-state index is 13.3. The van der Waals surface area contributed by atoms with Gasteiger partial charge in [-0.3, -0.25) is 9.59 Å². The summed E-state index contributed by atoms with van der Waals surface area (Å²) in [5.74, 6) is -1.03. The Morgan fingerprint density at radius 3 is 2.31 bits per heavy atom. The fourth-order valence-corrected chi connectivity index (χ4v) is 3.82. The number of para-hydroxylation sites is 1. The Hall–Kier alpha value is -2.35. The summed E-state index contributed by atoms with van der Waals surface area (Å²) in [6.07, 6.45) is 1.15. The largest absolute Gasteiger partial charge is 0.496 e. The number of amides is 1. The number of carbonyl (C=O) groups is 2. The molecule has 2 aromatic carbocycles. The van der Waals surface area contributed by atoms with Crippen molar-refractivity contribution >= 4 is 41.7 Å². The van der Waals surface area contributed by atoms with E-state index in [0.29, 0.717) is 28.9 Å². The minimum Gasteiger partial charge on any atom is -0.481 e. The van der Waals surface area contributed by atoms with Gasteiger partial charge >= 0.3 is 13.1 Å². The van der Waals surface area contributed by atoms with Crippen LogP contribution in [0.5, 0.6) is 0 Å². The van der Waals surface area contributed by atoms with Crippen molar-refractivity contribution in [1.29, 1.82) is 0 Å². The van der Waals surface area contributed by atoms with Crippen molar-refractivity contribution in [3.05, 3.63) is 58.6 Å². The lowest BCUT2D eigenvalue weighted by molar-refractivity contribution is -0.137. The van der Waals surface area contributed by atoms with Gasteiger partial charge in [0, 0.05) is 35.2 Å². The van der Waals surface area contributed by atoms with Crippen molar-refractivity contribution < 1.29 is 24.0 Å². The molecule has 8 heteroatoms. The second-order valence-corrected chi connectivity index (χ2v) is 9.47. The number of halogens is 1. The van der Waals surface area contributed by atoms with Gasteiger partial charge in [0.05, 0.1) is 11.2 Å². The van der Waals surface area contributed by atoms with Crippen LogP contribution in [0, 0.1) is 0 Å². The maximum atomic E-state index is 13.3. The van der Waals surface area contributed by atoms with Crippen LogP contribution >= 0.6 is 11.6 Å². The molecular weight excluding hydrogens is 429 g/mol. The summed E-state index contributed by atoms with van der Waals surface area (Å²) >= 11 is 6.44. The molecule has 32 heavy (non-hydrogen) atoms. The standard InChI is InChI=1S/C24H29BClNO5/c1-23(2)24(3,4)32-25(31-23)18-15-17(13-14-19(18)26)22(30)27(5)20-11-7-6-9-16(20)10-8-12-21(28)29/h6-7,9,11,13-15H,8,10,12H2,1-5H3,(H,28,29). The average Bonchev–Trinajstić information content (AvgIpc) is 2.94. The Kier molecular flexibility index (Phi) is 7.03. The van der Waals surface area contributed by atoms with Gasteiger partial charge in [0.1, 0.15) is 0 Å². The average molecular weight is 458 g/mol. The first kappa shape index (κ1) is 24.3. The van der Waals surface area contributed by atoms with E-state index < -0.39 is 24.3 Å². The Morgan fingerprint density at radius 2 is 1.69 bits per heavy atom. The first-order valence-corrected chi connectivity index (χ1v) is 11.0. The molecule has 1 saturated heterocycles. The molecule has 170 valence electrons. The molecule has 1 fully saturated rings. The summed E-state index contributed by atoms with van der Waals surface area (Å²) in [4.78, 5) is 25.8. The summed E-state index contributed by atoms with van der Waals surface area (Å²) < 4.78 is 12.2. The van der Waals surface area contributed by atoms with Gasteiger partial charge < -0.3 is 19.3 Å². The predicted molar refractivity (Wildman–Crippen MR) is 127 cm³/mol. The van der Waals surface area contributed by atoms with Crippen molar-refractivity contribution in [2.75, 3.05) is 11.9 Å². The van der Waals surface area contributed by atoms with Gasteiger partial charge in [-0.15, -0.1) is 0 Å². The van der Waals surface area contributed by atoms with E-state index >= 15 is 0 Å². The minimum absolute atomic E-state index is 0.0840. The van der Waals surface area contributed by atoms with Crippen LogP contribution < -0.4 is 10.4 Å². The van der Waals surface area contributed by atoms with Gasteiger partial charge in [-0.2, -0.15) is 0 Å². The summed E-state index contributed by atoms with van der Waals surface area (Å²) in [6.45, 7) is 7.85. The summed E-state index contributed by atoms with van der Waals surface area (Å²) in [7, 11) is 1.04. The van der Waals surface area contributed by atoms with Crippen LogP contribution in [0.3, 0.4) is 0 Å². The molecule has 1 N–H and O–H groups in total. The molecule has 0 atom stereocenters. The zero-order chi connectivity index (χ0) is 23.7. The Bertz CT molecular complexity index is 1010. The zero-order valence-electron chi connectivity index (χ0n) is 19.1. The van der Waals surface area contributed by atoms with Crippen LogP contribution in [0.25, 0.3) is 0 Å². The lowest BCUT2D eigenvalue weighted by atomic mass is 9.78. The number of rotatable bonds is 7. The number of aryl methyl sites for hydroxylation is 1. The van der Waals surface area contributed by atoms with E-state index in [-0.39, 0.29) is 12.3 Å². The maximum Gasteiger partial charge on any atom is 0.496 e. The zero-order valence-corrected chi connectivity index (χ0v) is 19.9. The third kappa shape index (κ3) is 5.01. The normalized spacial score (nSPS) is 16.8. The third-order valence-electron chi connectivity index (χ3n) is 6.24. The number of hydrogen-bond donors (Lipinski definition) is 1. The van der Waals surface area contributed by atoms with Gasteiger partial charge in [0.15, 0.2) is 0 Å². The predicted octanol–water partition coefficient (Wildman–Crippen LogP) is 4.32. The highest BCUT2D eigenvalue weighted by molar-refractivity contribution is 6.65. The van der Waals surface area contributed by atoms with E-state index in [9.17, 15) is 9.59 Å². The Balaban J connectivity index is 1.85. The smallest absolute Gasteiger partial charge is 0.481 e. The lowest BCUT2D eigenvalue weighted by Gasteiger charge is -2.32. The van der Waals surface area contributed by atoms with Crippen LogP contribution in [0.1, 0.15) is 56.5 Å². The summed E-state index contributed by atoms with van der Waals surface area (Å²) in [5, 5.41) is 9.38. The Morgan fingerprint density at radius 1 is 1.06 bits per heavy atom. The molecule has 1 amide bonds. The summed E-state index contributed by atoms with van der Waals surface area (Å²) in [6, 6.07) is 12.6. The van der Waals surface area contributed by atoms with E-state index in [1.807, 2.05) is 52.0 Å². The SMILES string of the molecule is CN(C(=O)c1ccc(Cl)c(B2OC(C)(C)C(C)(C)O2)c1)c1ccccc1CCCC(=O)O. The van der Waals surface area contributed by atoms with E-state index in [2.05, 4.69) is 0 Å². The fraction of sp³-hybridized carbons (Fsp3) is 0.417. The quantitative estimate of drug-likeness (QED) is 0.627. The molecule has 0 radical (unpaired) electrons. The topological polar surface area (TPSA) is 76.1 Å². The van der Waals surface area contributed by atoms with Crippen molar-refractivity contribution in [2.45, 2.75) is 58.2 Å². The molecule has 3 rings (SSSR count). The van der Waals surface area contributed by atoms with Crippen LogP contribution in [0.4, 0.5) is 5.69 Å². The molecule has 0 aliphatic carbocycles. The minimum atomic E-state index is -0.830. The number of carbonyl (C=O) groups excluding carboxylic acids is 1. The molecular formula is C24H29BClNO5. The number of benzene rings is 2. The third-order valence-corrected chi connectivity index (χ3v) is 6.59. The Labute approximate surface area is 194 Å². The number of carboxylic acid groups (broad SMARTS) is 1. The number of anilines is 1. The highest BCUT2D eigenvalue weighted by atomic mass is 35.5. The van der Waals surface area contributed by atoms with Gasteiger partial charge in [0.2, 0.25) is 0 Å². The lowest BCUT2D eigenvalue weighted by Crippen LogP contribution is -2.41. The van der Waals surface area contributed by atoms with Crippen LogP contribution in [-0.2, 0) is 20.5 Å². The second kappa shape index (κ2) is 9.26. The molecule has 6 nitrogen and oxygen atoms in total. The fourth-order valence-electron chi connectivity index (χ4n) is 3.61. The molecule has 0 unspecified atom stereocenters. The molecule has 1 aliphatic heterocycles.